The molecule has 6 heteroatoms. The molecular formula is C18H39N3S3. The van der Waals surface area contributed by atoms with Gasteiger partial charge >= 0.3 is 0 Å². The van der Waals surface area contributed by atoms with Gasteiger partial charge in [0.2, 0.25) is 0 Å². The van der Waals surface area contributed by atoms with Crippen LogP contribution in [0.1, 0.15) is 19.3 Å². The van der Waals surface area contributed by atoms with Gasteiger partial charge in [-0.1, -0.05) is 0 Å². The molecular weight excluding hydrogens is 354 g/mol. The summed E-state index contributed by atoms with van der Waals surface area (Å²) in [6, 6.07) is 2.14. The van der Waals surface area contributed by atoms with E-state index >= 15 is 0 Å². The Hall–Kier alpha value is 0.930. The van der Waals surface area contributed by atoms with E-state index in [-0.39, 0.29) is 0 Å². The van der Waals surface area contributed by atoms with Gasteiger partial charge in [-0.2, -0.15) is 35.3 Å². The van der Waals surface area contributed by atoms with Crippen molar-refractivity contribution in [3.05, 3.63) is 0 Å². The fraction of sp³-hybridized carbons (Fsp3) is 1.00. The van der Waals surface area contributed by atoms with Gasteiger partial charge in [-0.25, -0.2) is 0 Å². The molecule has 1 aliphatic carbocycles. The Labute approximate surface area is 164 Å². The number of nitrogens with zero attached hydrogens (tertiary/aromatic N) is 3. The maximum atomic E-state index is 2.63. The first-order valence-electron chi connectivity index (χ1n) is 9.16. The van der Waals surface area contributed by atoms with Gasteiger partial charge in [0.05, 0.1) is 0 Å². The molecule has 0 saturated heterocycles. The quantitative estimate of drug-likeness (QED) is 0.393. The molecule has 144 valence electrons. The van der Waals surface area contributed by atoms with Crippen LogP contribution in [0.3, 0.4) is 0 Å². The summed E-state index contributed by atoms with van der Waals surface area (Å²) in [6.45, 7) is 3.70. The van der Waals surface area contributed by atoms with E-state index in [2.05, 4.69) is 54.6 Å². The highest BCUT2D eigenvalue weighted by atomic mass is 32.2. The normalized spacial score (nSPS) is 23.6. The third-order valence-electron chi connectivity index (χ3n) is 5.01. The zero-order valence-corrected chi connectivity index (χ0v) is 19.1. The SMILES string of the molecule is CSCCCN(C)C1C(N(C)CCCSC)C1N(C)CCCSC. The minimum atomic E-state index is 0.713. The minimum Gasteiger partial charge on any atom is -0.300 e. The molecule has 0 radical (unpaired) electrons. The molecule has 0 aliphatic heterocycles. The predicted molar refractivity (Wildman–Crippen MR) is 118 cm³/mol. The predicted octanol–water partition coefficient (Wildman–Crippen LogP) is 3.16. The van der Waals surface area contributed by atoms with Gasteiger partial charge in [0.25, 0.3) is 0 Å². The van der Waals surface area contributed by atoms with Crippen molar-refractivity contribution in [3.63, 3.8) is 0 Å². The van der Waals surface area contributed by atoms with Crippen LogP contribution in [-0.4, -0.2) is 110 Å². The van der Waals surface area contributed by atoms with Crippen molar-refractivity contribution in [1.82, 2.24) is 14.7 Å². The Kier molecular flexibility index (Phi) is 12.6. The minimum absolute atomic E-state index is 0.713. The Bertz CT molecular complexity index is 266. The van der Waals surface area contributed by atoms with Gasteiger partial charge in [0.1, 0.15) is 0 Å². The summed E-state index contributed by atoms with van der Waals surface area (Å²) in [5.74, 6) is 3.83. The molecule has 0 N–H and O–H groups in total. The van der Waals surface area contributed by atoms with E-state index in [9.17, 15) is 0 Å². The van der Waals surface area contributed by atoms with Gasteiger partial charge in [-0.3, -0.25) is 0 Å². The van der Waals surface area contributed by atoms with Crippen LogP contribution in [-0.2, 0) is 0 Å². The number of rotatable bonds is 15. The Morgan fingerprint density at radius 2 is 0.792 bits per heavy atom. The van der Waals surface area contributed by atoms with E-state index in [0.29, 0.717) is 18.1 Å². The topological polar surface area (TPSA) is 9.72 Å². The van der Waals surface area contributed by atoms with Crippen LogP contribution in [0.5, 0.6) is 0 Å². The standard InChI is InChI=1S/C18H39N3S3/c1-19(10-7-13-22-4)16-17(20(2)11-8-14-23-5)18(16)21(3)12-9-15-24-6/h16-18H,7-15H2,1-6H3. The van der Waals surface area contributed by atoms with Crippen LogP contribution in [0.4, 0.5) is 0 Å². The van der Waals surface area contributed by atoms with Crippen LogP contribution in [0.15, 0.2) is 0 Å². The highest BCUT2D eigenvalue weighted by Gasteiger charge is 2.56. The summed E-state index contributed by atoms with van der Waals surface area (Å²) in [5, 5.41) is 0. The van der Waals surface area contributed by atoms with E-state index in [1.165, 1.54) is 56.2 Å². The zero-order chi connectivity index (χ0) is 17.9. The van der Waals surface area contributed by atoms with E-state index in [4.69, 9.17) is 0 Å². The Morgan fingerprint density at radius 3 is 1.00 bits per heavy atom. The molecule has 0 aromatic heterocycles. The van der Waals surface area contributed by atoms with Crippen LogP contribution >= 0.6 is 35.3 Å². The first kappa shape index (κ1) is 23.0. The molecule has 0 unspecified atom stereocenters. The molecule has 0 aromatic carbocycles. The first-order chi connectivity index (χ1) is 11.6. The molecule has 3 nitrogen and oxygen atoms in total. The number of thioether (sulfide) groups is 3. The fourth-order valence-corrected chi connectivity index (χ4v) is 4.90. The summed E-state index contributed by atoms with van der Waals surface area (Å²) in [6.07, 6.45) is 10.5. The third-order valence-corrected chi connectivity index (χ3v) is 7.10. The van der Waals surface area contributed by atoms with Gasteiger partial charge in [-0.15, -0.1) is 0 Å². The average Bonchev–Trinajstić information content (AvgIpc) is 3.31. The molecule has 0 bridgehead atoms. The molecule has 0 atom stereocenters. The van der Waals surface area contributed by atoms with Crippen molar-refractivity contribution < 1.29 is 0 Å². The zero-order valence-electron chi connectivity index (χ0n) is 16.7. The van der Waals surface area contributed by atoms with Crippen molar-refractivity contribution >= 4 is 35.3 Å². The second-order valence-corrected chi connectivity index (χ2v) is 9.91. The smallest absolute Gasteiger partial charge is 0.0435 e. The summed E-state index contributed by atoms with van der Waals surface area (Å²) < 4.78 is 0. The van der Waals surface area contributed by atoms with E-state index in [0.717, 1.165) is 0 Å². The van der Waals surface area contributed by atoms with E-state index < -0.39 is 0 Å². The second-order valence-electron chi connectivity index (χ2n) is 6.95. The fourth-order valence-electron chi connectivity index (χ4n) is 3.65. The van der Waals surface area contributed by atoms with Crippen molar-refractivity contribution in [2.75, 3.05) is 76.8 Å². The van der Waals surface area contributed by atoms with Crippen LogP contribution in [0.25, 0.3) is 0 Å². The Balaban J connectivity index is 2.54. The molecule has 0 aromatic rings. The molecule has 1 fully saturated rings. The van der Waals surface area contributed by atoms with Crippen molar-refractivity contribution in [2.45, 2.75) is 37.4 Å². The van der Waals surface area contributed by atoms with Gasteiger partial charge in [-0.05, 0) is 96.1 Å². The summed E-state index contributed by atoms with van der Waals surface area (Å²) in [5.41, 5.74) is 0. The number of hydrogen-bond donors (Lipinski definition) is 0. The maximum absolute atomic E-state index is 2.63. The van der Waals surface area contributed by atoms with Gasteiger partial charge in [0.15, 0.2) is 0 Å². The van der Waals surface area contributed by atoms with Crippen LogP contribution < -0.4 is 0 Å². The molecule has 1 aliphatic rings. The Morgan fingerprint density at radius 1 is 0.542 bits per heavy atom. The highest BCUT2D eigenvalue weighted by Crippen LogP contribution is 2.37. The number of hydrogen-bond acceptors (Lipinski definition) is 6. The van der Waals surface area contributed by atoms with Crippen LogP contribution in [0, 0.1) is 0 Å². The highest BCUT2D eigenvalue weighted by molar-refractivity contribution is 7.98. The largest absolute Gasteiger partial charge is 0.300 e. The van der Waals surface area contributed by atoms with Crippen molar-refractivity contribution in [2.24, 2.45) is 0 Å². The van der Waals surface area contributed by atoms with Crippen LogP contribution in [0.2, 0.25) is 0 Å². The first-order valence-corrected chi connectivity index (χ1v) is 13.3. The lowest BCUT2D eigenvalue weighted by atomic mass is 10.4. The molecule has 0 spiro atoms. The lowest BCUT2D eigenvalue weighted by Crippen LogP contribution is -2.32. The monoisotopic (exact) mass is 393 g/mol. The van der Waals surface area contributed by atoms with E-state index in [1.807, 2.05) is 35.3 Å². The third kappa shape index (κ3) is 7.67. The van der Waals surface area contributed by atoms with E-state index in [1.54, 1.807) is 0 Å². The summed E-state index contributed by atoms with van der Waals surface area (Å²) in [4.78, 5) is 7.88. The lowest BCUT2D eigenvalue weighted by Gasteiger charge is -2.20. The lowest BCUT2D eigenvalue weighted by molar-refractivity contribution is 0.253. The summed E-state index contributed by atoms with van der Waals surface area (Å²) in [7, 11) is 7.01. The maximum Gasteiger partial charge on any atom is 0.0435 e. The summed E-state index contributed by atoms with van der Waals surface area (Å²) >= 11 is 5.89. The average molecular weight is 394 g/mol. The number of likely N-dealkylation sites (N-methyl/N-ethyl adjacent to an activating group) is 3. The molecule has 24 heavy (non-hydrogen) atoms. The second kappa shape index (κ2) is 13.2. The van der Waals surface area contributed by atoms with Crippen molar-refractivity contribution in [1.29, 1.82) is 0 Å². The van der Waals surface area contributed by atoms with Crippen molar-refractivity contribution in [3.8, 4) is 0 Å². The van der Waals surface area contributed by atoms with Gasteiger partial charge < -0.3 is 14.7 Å². The molecule has 1 saturated carbocycles. The molecule has 1 rings (SSSR count). The molecule has 0 amide bonds. The van der Waals surface area contributed by atoms with Gasteiger partial charge in [0, 0.05) is 18.1 Å². The molecule has 0 heterocycles.